The van der Waals surface area contributed by atoms with Gasteiger partial charge in [-0.15, -0.1) is 11.6 Å². The summed E-state index contributed by atoms with van der Waals surface area (Å²) in [4.78, 5) is 0. The van der Waals surface area contributed by atoms with Crippen LogP contribution in [-0.4, -0.2) is 19.3 Å². The summed E-state index contributed by atoms with van der Waals surface area (Å²) in [5, 5.41) is 8.89. The molecular weight excluding hydrogens is 300 g/mol. The lowest BCUT2D eigenvalue weighted by Gasteiger charge is -2.07. The van der Waals surface area contributed by atoms with Crippen LogP contribution in [0.3, 0.4) is 0 Å². The third-order valence-electron chi connectivity index (χ3n) is 3.31. The molecule has 0 aliphatic heterocycles. The van der Waals surface area contributed by atoms with Crippen LogP contribution in [0.2, 0.25) is 0 Å². The third kappa shape index (κ3) is 4.65. The zero-order chi connectivity index (χ0) is 16.5. The molecular formula is C18H23ClO3. The maximum atomic E-state index is 8.89. The minimum absolute atomic E-state index is 0.0326. The van der Waals surface area contributed by atoms with Gasteiger partial charge in [0, 0.05) is 11.1 Å². The van der Waals surface area contributed by atoms with Gasteiger partial charge in [0.2, 0.25) is 0 Å². The molecule has 2 rings (SSSR count). The first kappa shape index (κ1) is 18.3. The van der Waals surface area contributed by atoms with Crippen molar-refractivity contribution in [1.29, 1.82) is 0 Å². The van der Waals surface area contributed by atoms with Crippen LogP contribution in [0.15, 0.2) is 36.4 Å². The zero-order valence-electron chi connectivity index (χ0n) is 13.5. The molecule has 2 aromatic carbocycles. The SMILES string of the molecule is COc1c(C)cccc1CCl.COc1c(C)cccc1CO. The summed E-state index contributed by atoms with van der Waals surface area (Å²) in [7, 11) is 3.28. The maximum Gasteiger partial charge on any atom is 0.127 e. The van der Waals surface area contributed by atoms with E-state index in [1.54, 1.807) is 14.2 Å². The Bertz CT molecular complexity index is 543. The maximum absolute atomic E-state index is 8.89. The van der Waals surface area contributed by atoms with E-state index in [-0.39, 0.29) is 6.61 Å². The van der Waals surface area contributed by atoms with E-state index in [1.165, 1.54) is 0 Å². The molecule has 120 valence electrons. The van der Waals surface area contributed by atoms with E-state index in [2.05, 4.69) is 0 Å². The lowest BCUT2D eigenvalue weighted by atomic mass is 10.1. The number of hydrogen-bond donors (Lipinski definition) is 1. The molecule has 2 aromatic rings. The van der Waals surface area contributed by atoms with Gasteiger partial charge in [-0.1, -0.05) is 36.4 Å². The van der Waals surface area contributed by atoms with Gasteiger partial charge in [0.25, 0.3) is 0 Å². The van der Waals surface area contributed by atoms with E-state index in [1.807, 2.05) is 50.2 Å². The second-order valence-corrected chi connectivity index (χ2v) is 5.09. The first-order valence-corrected chi connectivity index (χ1v) is 7.54. The number of ether oxygens (including phenoxy) is 2. The first-order chi connectivity index (χ1) is 10.6. The van der Waals surface area contributed by atoms with E-state index >= 15 is 0 Å². The molecule has 0 spiro atoms. The highest BCUT2D eigenvalue weighted by Crippen LogP contribution is 2.24. The molecule has 0 saturated carbocycles. The fourth-order valence-electron chi connectivity index (χ4n) is 2.24. The summed E-state index contributed by atoms with van der Waals surface area (Å²) in [5.74, 6) is 2.20. The minimum atomic E-state index is 0.0326. The number of halogens is 1. The highest BCUT2D eigenvalue weighted by atomic mass is 35.5. The van der Waals surface area contributed by atoms with Gasteiger partial charge in [-0.25, -0.2) is 0 Å². The number of benzene rings is 2. The number of methoxy groups -OCH3 is 2. The van der Waals surface area contributed by atoms with Crippen LogP contribution < -0.4 is 9.47 Å². The van der Waals surface area contributed by atoms with Crippen molar-refractivity contribution in [2.75, 3.05) is 14.2 Å². The van der Waals surface area contributed by atoms with Gasteiger partial charge in [0.15, 0.2) is 0 Å². The van der Waals surface area contributed by atoms with E-state index in [4.69, 9.17) is 26.2 Å². The smallest absolute Gasteiger partial charge is 0.127 e. The summed E-state index contributed by atoms with van der Waals surface area (Å²) >= 11 is 5.70. The molecule has 0 radical (unpaired) electrons. The number of alkyl halides is 1. The van der Waals surface area contributed by atoms with Crippen LogP contribution in [0.25, 0.3) is 0 Å². The summed E-state index contributed by atoms with van der Waals surface area (Å²) in [6.45, 7) is 4.00. The Balaban J connectivity index is 0.000000220. The fourth-order valence-corrected chi connectivity index (χ4v) is 2.45. The number of aliphatic hydroxyl groups is 1. The zero-order valence-corrected chi connectivity index (χ0v) is 14.3. The van der Waals surface area contributed by atoms with Crippen molar-refractivity contribution in [3.8, 4) is 11.5 Å². The van der Waals surface area contributed by atoms with E-state index < -0.39 is 0 Å². The molecule has 0 bridgehead atoms. The second-order valence-electron chi connectivity index (χ2n) is 4.83. The standard InChI is InChI=1S/C9H11ClO.C9H12O2/c2*1-7-4-3-5-8(6-10)9(7)11-2/h3-5H,6H2,1-2H3;3-5,10H,6H2,1-2H3. The van der Waals surface area contributed by atoms with Crippen molar-refractivity contribution >= 4 is 11.6 Å². The van der Waals surface area contributed by atoms with E-state index in [0.29, 0.717) is 5.88 Å². The third-order valence-corrected chi connectivity index (χ3v) is 3.60. The minimum Gasteiger partial charge on any atom is -0.496 e. The van der Waals surface area contributed by atoms with Crippen molar-refractivity contribution in [3.05, 3.63) is 58.7 Å². The number of hydrogen-bond acceptors (Lipinski definition) is 3. The topological polar surface area (TPSA) is 38.7 Å². The Morgan fingerprint density at radius 3 is 1.64 bits per heavy atom. The molecule has 4 heteroatoms. The predicted molar refractivity (Wildman–Crippen MR) is 90.9 cm³/mol. The predicted octanol–water partition coefficient (Wildman–Crippen LogP) is 4.24. The second kappa shape index (κ2) is 9.34. The van der Waals surface area contributed by atoms with Crippen molar-refractivity contribution < 1.29 is 14.6 Å². The number of para-hydroxylation sites is 2. The lowest BCUT2D eigenvalue weighted by Crippen LogP contribution is -1.93. The van der Waals surface area contributed by atoms with Crippen LogP contribution >= 0.6 is 11.6 Å². The molecule has 0 saturated heterocycles. The van der Waals surface area contributed by atoms with Crippen molar-refractivity contribution in [1.82, 2.24) is 0 Å². The van der Waals surface area contributed by atoms with Gasteiger partial charge in [0.05, 0.1) is 26.7 Å². The number of aryl methyl sites for hydroxylation is 2. The molecule has 3 nitrogen and oxygen atoms in total. The summed E-state index contributed by atoms with van der Waals surface area (Å²) < 4.78 is 10.3. The van der Waals surface area contributed by atoms with Crippen LogP contribution in [0.5, 0.6) is 11.5 Å². The summed E-state index contributed by atoms with van der Waals surface area (Å²) in [6, 6.07) is 11.7. The van der Waals surface area contributed by atoms with Gasteiger partial charge < -0.3 is 14.6 Å². The van der Waals surface area contributed by atoms with Crippen LogP contribution in [0, 0.1) is 13.8 Å². The van der Waals surface area contributed by atoms with Gasteiger partial charge in [0.1, 0.15) is 11.5 Å². The molecule has 22 heavy (non-hydrogen) atoms. The van der Waals surface area contributed by atoms with Crippen molar-refractivity contribution in [2.24, 2.45) is 0 Å². The monoisotopic (exact) mass is 322 g/mol. The average Bonchev–Trinajstić information content (AvgIpc) is 2.54. The summed E-state index contributed by atoms with van der Waals surface area (Å²) in [5.41, 5.74) is 4.08. The van der Waals surface area contributed by atoms with Gasteiger partial charge in [-0.05, 0) is 25.0 Å². The van der Waals surface area contributed by atoms with Crippen LogP contribution in [0.1, 0.15) is 22.3 Å². The van der Waals surface area contributed by atoms with Crippen LogP contribution in [0.4, 0.5) is 0 Å². The van der Waals surface area contributed by atoms with Crippen LogP contribution in [-0.2, 0) is 12.5 Å². The number of aliphatic hydroxyl groups excluding tert-OH is 1. The lowest BCUT2D eigenvalue weighted by molar-refractivity contribution is 0.273. The molecule has 0 unspecified atom stereocenters. The quantitative estimate of drug-likeness (QED) is 0.856. The highest BCUT2D eigenvalue weighted by molar-refractivity contribution is 6.17. The largest absolute Gasteiger partial charge is 0.496 e. The molecule has 0 heterocycles. The Hall–Kier alpha value is -1.71. The van der Waals surface area contributed by atoms with E-state index in [9.17, 15) is 0 Å². The molecule has 0 aliphatic carbocycles. The fraction of sp³-hybridized carbons (Fsp3) is 0.333. The molecule has 0 atom stereocenters. The highest BCUT2D eigenvalue weighted by Gasteiger charge is 2.03. The molecule has 0 aromatic heterocycles. The molecule has 0 aliphatic rings. The molecule has 0 amide bonds. The Kier molecular flexibility index (Phi) is 7.78. The normalized spacial score (nSPS) is 9.73. The Morgan fingerprint density at radius 1 is 0.864 bits per heavy atom. The van der Waals surface area contributed by atoms with Gasteiger partial charge >= 0.3 is 0 Å². The van der Waals surface area contributed by atoms with Crippen molar-refractivity contribution in [3.63, 3.8) is 0 Å². The summed E-state index contributed by atoms with van der Waals surface area (Å²) in [6.07, 6.45) is 0. The molecule has 1 N–H and O–H groups in total. The van der Waals surface area contributed by atoms with E-state index in [0.717, 1.165) is 33.8 Å². The van der Waals surface area contributed by atoms with Gasteiger partial charge in [-0.3, -0.25) is 0 Å². The number of rotatable bonds is 4. The Morgan fingerprint density at radius 2 is 1.32 bits per heavy atom. The van der Waals surface area contributed by atoms with Crippen molar-refractivity contribution in [2.45, 2.75) is 26.3 Å². The molecule has 0 fully saturated rings. The first-order valence-electron chi connectivity index (χ1n) is 7.00. The van der Waals surface area contributed by atoms with Gasteiger partial charge in [-0.2, -0.15) is 0 Å². The average molecular weight is 323 g/mol. The Labute approximate surface area is 137 Å².